The Balaban J connectivity index is 1.99. The van der Waals surface area contributed by atoms with Gasteiger partial charge in [-0.2, -0.15) is 0 Å². The third kappa shape index (κ3) is 1.80. The number of hydrogen-bond acceptors (Lipinski definition) is 3. The topological polar surface area (TPSA) is 53.2 Å². The van der Waals surface area contributed by atoms with Gasteiger partial charge in [-0.1, -0.05) is 17.7 Å². The van der Waals surface area contributed by atoms with Crippen LogP contribution in [0.2, 0.25) is 5.02 Å². The van der Waals surface area contributed by atoms with Crippen LogP contribution >= 0.6 is 11.6 Å². The summed E-state index contributed by atoms with van der Waals surface area (Å²) in [6.07, 6.45) is -0.727. The second-order valence-electron chi connectivity index (χ2n) is 5.27. The van der Waals surface area contributed by atoms with Gasteiger partial charge in [-0.25, -0.2) is 0 Å². The molecule has 21 heavy (non-hydrogen) atoms. The molecule has 2 aliphatic heterocycles. The van der Waals surface area contributed by atoms with Crippen molar-refractivity contribution in [2.75, 3.05) is 25.0 Å². The number of epoxide rings is 1. The summed E-state index contributed by atoms with van der Waals surface area (Å²) >= 11 is 5.99. The molecular weight excluding hydrogens is 292 g/mol. The van der Waals surface area contributed by atoms with Gasteiger partial charge in [0.25, 0.3) is 11.8 Å². The Morgan fingerprint density at radius 3 is 2.71 bits per heavy atom. The summed E-state index contributed by atoms with van der Waals surface area (Å²) in [5, 5.41) is 0.553. The molecule has 2 unspecified atom stereocenters. The van der Waals surface area contributed by atoms with Crippen LogP contribution in [0.4, 0.5) is 5.69 Å². The van der Waals surface area contributed by atoms with Crippen molar-refractivity contribution in [2.45, 2.75) is 25.6 Å². The number of carbonyl (C=O) groups is 2. The molecule has 0 saturated carbocycles. The lowest BCUT2D eigenvalue weighted by Gasteiger charge is -2.17. The number of nitrogens with zero attached hydrogens (tertiary/aromatic N) is 2. The number of likely N-dealkylation sites (N-methyl/N-ethyl adjacent to an activating group) is 2. The van der Waals surface area contributed by atoms with E-state index in [0.29, 0.717) is 23.8 Å². The monoisotopic (exact) mass is 308 g/mol. The number of rotatable bonds is 3. The maximum Gasteiger partial charge on any atom is 0.267 e. The first-order chi connectivity index (χ1) is 9.97. The Bertz CT molecular complexity index is 629. The van der Waals surface area contributed by atoms with Gasteiger partial charge in [0, 0.05) is 30.7 Å². The van der Waals surface area contributed by atoms with Crippen molar-refractivity contribution >= 4 is 29.1 Å². The number of anilines is 1. The van der Waals surface area contributed by atoms with Gasteiger partial charge in [-0.3, -0.25) is 9.59 Å². The molecule has 1 fully saturated rings. The number of amides is 2. The van der Waals surface area contributed by atoms with Crippen molar-refractivity contribution in [3.8, 4) is 0 Å². The Morgan fingerprint density at radius 2 is 2.10 bits per heavy atom. The predicted molar refractivity (Wildman–Crippen MR) is 79.3 cm³/mol. The molecule has 0 radical (unpaired) electrons. The molecule has 0 N–H and O–H groups in total. The van der Waals surface area contributed by atoms with E-state index in [9.17, 15) is 9.59 Å². The molecular formula is C15H17ClN2O3. The highest BCUT2D eigenvalue weighted by atomic mass is 35.5. The number of ether oxygens (including phenoxy) is 1. The summed E-state index contributed by atoms with van der Waals surface area (Å²) in [7, 11) is 1.67. The standard InChI is InChI=1S/C15H17ClN2O3/c1-4-18(5-2)13(19)12-15(21-12)10-7-6-9(16)8-11(10)17(3)14(15)20/h6-8,12H,4-5H2,1-3H3. The number of hydrogen-bond donors (Lipinski definition) is 0. The smallest absolute Gasteiger partial charge is 0.267 e. The van der Waals surface area contributed by atoms with E-state index < -0.39 is 11.7 Å². The molecule has 1 saturated heterocycles. The fourth-order valence-electron chi connectivity index (χ4n) is 3.01. The molecule has 0 aliphatic carbocycles. The summed E-state index contributed by atoms with van der Waals surface area (Å²) < 4.78 is 5.64. The van der Waals surface area contributed by atoms with Gasteiger partial charge in [0.2, 0.25) is 5.60 Å². The van der Waals surface area contributed by atoms with Crippen molar-refractivity contribution in [2.24, 2.45) is 0 Å². The van der Waals surface area contributed by atoms with Crippen LogP contribution in [0.3, 0.4) is 0 Å². The van der Waals surface area contributed by atoms with E-state index in [1.54, 1.807) is 30.1 Å². The molecule has 1 aromatic carbocycles. The maximum absolute atomic E-state index is 12.6. The summed E-state index contributed by atoms with van der Waals surface area (Å²) in [5.74, 6) is -0.338. The Hall–Kier alpha value is -1.59. The maximum atomic E-state index is 12.6. The Morgan fingerprint density at radius 1 is 1.43 bits per heavy atom. The van der Waals surface area contributed by atoms with E-state index in [0.717, 1.165) is 5.56 Å². The number of fused-ring (bicyclic) bond motifs is 2. The van der Waals surface area contributed by atoms with Gasteiger partial charge in [0.15, 0.2) is 6.10 Å². The second kappa shape index (κ2) is 4.71. The summed E-state index contributed by atoms with van der Waals surface area (Å²) in [6.45, 7) is 5.02. The molecule has 3 rings (SSSR count). The zero-order valence-corrected chi connectivity index (χ0v) is 13.0. The van der Waals surface area contributed by atoms with Crippen LogP contribution in [-0.4, -0.2) is 43.0 Å². The van der Waals surface area contributed by atoms with Crippen molar-refractivity contribution in [3.63, 3.8) is 0 Å². The number of benzene rings is 1. The summed E-state index contributed by atoms with van der Waals surface area (Å²) in [6, 6.07) is 5.22. The minimum Gasteiger partial charge on any atom is -0.341 e. The fraction of sp³-hybridized carbons (Fsp3) is 0.467. The van der Waals surface area contributed by atoms with Gasteiger partial charge in [0.1, 0.15) is 0 Å². The average molecular weight is 309 g/mol. The highest BCUT2D eigenvalue weighted by molar-refractivity contribution is 6.31. The van der Waals surface area contributed by atoms with Crippen LogP contribution in [0.5, 0.6) is 0 Å². The number of halogens is 1. The van der Waals surface area contributed by atoms with Crippen LogP contribution in [0.15, 0.2) is 18.2 Å². The zero-order valence-electron chi connectivity index (χ0n) is 12.2. The Kier molecular flexibility index (Phi) is 3.22. The van der Waals surface area contributed by atoms with Crippen molar-refractivity contribution in [3.05, 3.63) is 28.8 Å². The van der Waals surface area contributed by atoms with Crippen LogP contribution < -0.4 is 4.90 Å². The first kappa shape index (κ1) is 14.4. The van der Waals surface area contributed by atoms with Crippen molar-refractivity contribution < 1.29 is 14.3 Å². The molecule has 0 bridgehead atoms. The quantitative estimate of drug-likeness (QED) is 0.800. The third-order valence-corrected chi connectivity index (χ3v) is 4.49. The second-order valence-corrected chi connectivity index (χ2v) is 5.71. The van der Waals surface area contributed by atoms with E-state index >= 15 is 0 Å². The van der Waals surface area contributed by atoms with Gasteiger partial charge in [-0.05, 0) is 26.0 Å². The lowest BCUT2D eigenvalue weighted by atomic mass is 9.96. The van der Waals surface area contributed by atoms with E-state index in [1.807, 2.05) is 13.8 Å². The van der Waals surface area contributed by atoms with Gasteiger partial charge < -0.3 is 14.5 Å². The molecule has 6 heteroatoms. The average Bonchev–Trinajstić information content (AvgIpc) is 3.19. The highest BCUT2D eigenvalue weighted by Crippen LogP contribution is 2.56. The van der Waals surface area contributed by atoms with Crippen molar-refractivity contribution in [1.29, 1.82) is 0 Å². The molecule has 5 nitrogen and oxygen atoms in total. The molecule has 2 amide bonds. The van der Waals surface area contributed by atoms with E-state index in [4.69, 9.17) is 16.3 Å². The van der Waals surface area contributed by atoms with E-state index in [2.05, 4.69) is 0 Å². The van der Waals surface area contributed by atoms with Crippen LogP contribution in [-0.2, 0) is 19.9 Å². The lowest BCUT2D eigenvalue weighted by Crippen LogP contribution is -2.39. The molecule has 1 aromatic rings. The molecule has 2 aliphatic rings. The predicted octanol–water partition coefficient (Wildman–Crippen LogP) is 1.78. The van der Waals surface area contributed by atoms with E-state index in [1.165, 1.54) is 4.90 Å². The normalized spacial score (nSPS) is 26.2. The molecule has 2 heterocycles. The molecule has 2 atom stereocenters. The molecule has 0 aromatic heterocycles. The summed E-state index contributed by atoms with van der Waals surface area (Å²) in [4.78, 5) is 28.2. The van der Waals surface area contributed by atoms with Crippen LogP contribution in [0, 0.1) is 0 Å². The van der Waals surface area contributed by atoms with Gasteiger partial charge >= 0.3 is 0 Å². The summed E-state index contributed by atoms with van der Waals surface area (Å²) in [5.41, 5.74) is 0.293. The minimum atomic E-state index is -1.14. The largest absolute Gasteiger partial charge is 0.341 e. The van der Waals surface area contributed by atoms with Crippen LogP contribution in [0.1, 0.15) is 19.4 Å². The van der Waals surface area contributed by atoms with E-state index in [-0.39, 0.29) is 11.8 Å². The fourth-order valence-corrected chi connectivity index (χ4v) is 3.18. The van der Waals surface area contributed by atoms with Crippen molar-refractivity contribution in [1.82, 2.24) is 4.90 Å². The molecule has 1 spiro atoms. The van der Waals surface area contributed by atoms with Crippen LogP contribution in [0.25, 0.3) is 0 Å². The Labute approximate surface area is 128 Å². The SMILES string of the molecule is CCN(CC)C(=O)C1OC12C(=O)N(C)c1cc(Cl)ccc12. The third-order valence-electron chi connectivity index (χ3n) is 4.26. The number of carbonyl (C=O) groups excluding carboxylic acids is 2. The minimum absolute atomic E-state index is 0.135. The lowest BCUT2D eigenvalue weighted by molar-refractivity contribution is -0.132. The molecule has 112 valence electrons. The first-order valence-corrected chi connectivity index (χ1v) is 7.40. The van der Waals surface area contributed by atoms with Gasteiger partial charge in [-0.15, -0.1) is 0 Å². The first-order valence-electron chi connectivity index (χ1n) is 7.02. The highest BCUT2D eigenvalue weighted by Gasteiger charge is 2.72. The zero-order chi connectivity index (χ0) is 15.4. The van der Waals surface area contributed by atoms with Gasteiger partial charge in [0.05, 0.1) is 5.69 Å².